The Balaban J connectivity index is 1.67. The minimum Gasteiger partial charge on any atom is -0.352 e. The minimum atomic E-state index is -3.73. The molecule has 0 saturated carbocycles. The van der Waals surface area contributed by atoms with Crippen LogP contribution >= 0.6 is 11.6 Å². The molecule has 0 spiro atoms. The molecule has 2 heterocycles. The Morgan fingerprint density at radius 1 is 1.07 bits per heavy atom. The van der Waals surface area contributed by atoms with Crippen molar-refractivity contribution in [3.05, 3.63) is 28.8 Å². The summed E-state index contributed by atoms with van der Waals surface area (Å²) in [6.07, 6.45) is 3.70. The number of nitrogens with zero attached hydrogens (tertiary/aromatic N) is 2. The summed E-state index contributed by atoms with van der Waals surface area (Å²) >= 11 is 6.10. The molecule has 30 heavy (non-hydrogen) atoms. The molecule has 2 aliphatic heterocycles. The van der Waals surface area contributed by atoms with Gasteiger partial charge in [0.25, 0.3) is 0 Å². The van der Waals surface area contributed by atoms with E-state index in [-0.39, 0.29) is 29.9 Å². The molecule has 0 aliphatic carbocycles. The summed E-state index contributed by atoms with van der Waals surface area (Å²) in [5, 5.41) is 3.34. The highest BCUT2D eigenvalue weighted by Crippen LogP contribution is 2.28. The van der Waals surface area contributed by atoms with Crippen molar-refractivity contribution in [2.24, 2.45) is 5.92 Å². The number of piperidine rings is 2. The first-order valence-electron chi connectivity index (χ1n) is 10.0. The van der Waals surface area contributed by atoms with Crippen LogP contribution in [0.15, 0.2) is 23.1 Å². The third-order valence-corrected chi connectivity index (χ3v) is 9.48. The first-order chi connectivity index (χ1) is 14.0. The van der Waals surface area contributed by atoms with Crippen LogP contribution in [0.1, 0.15) is 31.2 Å². The molecule has 0 bridgehead atoms. The maximum absolute atomic E-state index is 13.1. The van der Waals surface area contributed by atoms with E-state index in [0.29, 0.717) is 49.4 Å². The van der Waals surface area contributed by atoms with Crippen LogP contribution in [0, 0.1) is 12.8 Å². The number of rotatable bonds is 5. The molecule has 168 valence electrons. The van der Waals surface area contributed by atoms with Crippen molar-refractivity contribution in [2.45, 2.75) is 43.5 Å². The number of hydrogen-bond donors (Lipinski definition) is 1. The molecule has 1 aromatic carbocycles. The highest BCUT2D eigenvalue weighted by atomic mass is 35.5. The van der Waals surface area contributed by atoms with E-state index >= 15 is 0 Å². The fourth-order valence-electron chi connectivity index (χ4n) is 4.06. The Morgan fingerprint density at radius 3 is 2.43 bits per heavy atom. The van der Waals surface area contributed by atoms with Crippen LogP contribution in [0.5, 0.6) is 0 Å². The third kappa shape index (κ3) is 5.16. The van der Waals surface area contributed by atoms with E-state index in [4.69, 9.17) is 11.6 Å². The van der Waals surface area contributed by atoms with Crippen molar-refractivity contribution >= 4 is 37.6 Å². The molecular formula is C19H28ClN3O5S2. The van der Waals surface area contributed by atoms with Crippen LogP contribution in [-0.4, -0.2) is 69.8 Å². The van der Waals surface area contributed by atoms with Crippen LogP contribution in [0.2, 0.25) is 5.02 Å². The monoisotopic (exact) mass is 477 g/mol. The highest BCUT2D eigenvalue weighted by molar-refractivity contribution is 7.89. The minimum absolute atomic E-state index is 0.168. The first kappa shape index (κ1) is 23.5. The molecule has 2 fully saturated rings. The zero-order valence-electron chi connectivity index (χ0n) is 17.2. The van der Waals surface area contributed by atoms with Gasteiger partial charge < -0.3 is 5.32 Å². The average Bonchev–Trinajstić information content (AvgIpc) is 2.69. The van der Waals surface area contributed by atoms with E-state index < -0.39 is 26.0 Å². The molecule has 1 N–H and O–H groups in total. The number of benzene rings is 1. The van der Waals surface area contributed by atoms with E-state index in [2.05, 4.69) is 5.32 Å². The standard InChI is InChI=1S/C19H28ClN3O5S2/c1-14-17(20)8-3-9-18(14)30(27,28)23-11-5-7-16(13-23)21-19(24)15-6-4-10-22(12-15)29(2,25)26/h3,8-9,15-16H,4-7,10-13H2,1-2H3,(H,21,24)/t15-,16-/m0/s1. The molecule has 2 atom stereocenters. The van der Waals surface area contributed by atoms with Crippen LogP contribution in [-0.2, 0) is 24.8 Å². The lowest BCUT2D eigenvalue weighted by atomic mass is 9.97. The summed E-state index contributed by atoms with van der Waals surface area (Å²) in [5.74, 6) is -0.637. The van der Waals surface area contributed by atoms with Gasteiger partial charge in [0.2, 0.25) is 26.0 Å². The molecule has 2 saturated heterocycles. The molecule has 0 unspecified atom stereocenters. The van der Waals surface area contributed by atoms with Gasteiger partial charge in [-0.05, 0) is 50.3 Å². The smallest absolute Gasteiger partial charge is 0.243 e. The summed E-state index contributed by atoms with van der Waals surface area (Å²) in [6, 6.07) is 4.50. The van der Waals surface area contributed by atoms with Crippen molar-refractivity contribution < 1.29 is 21.6 Å². The number of amides is 1. The third-order valence-electron chi connectivity index (χ3n) is 5.79. The van der Waals surface area contributed by atoms with Gasteiger partial charge in [-0.15, -0.1) is 0 Å². The fourth-order valence-corrected chi connectivity index (χ4v) is 6.97. The maximum atomic E-state index is 13.1. The van der Waals surface area contributed by atoms with Crippen molar-refractivity contribution in [2.75, 3.05) is 32.4 Å². The zero-order valence-corrected chi connectivity index (χ0v) is 19.6. The predicted octanol–water partition coefficient (Wildman–Crippen LogP) is 1.59. The predicted molar refractivity (Wildman–Crippen MR) is 115 cm³/mol. The van der Waals surface area contributed by atoms with Crippen LogP contribution < -0.4 is 5.32 Å². The summed E-state index contributed by atoms with van der Waals surface area (Å²) < 4.78 is 52.6. The number of carbonyl (C=O) groups is 1. The number of hydrogen-bond acceptors (Lipinski definition) is 5. The summed E-state index contributed by atoms with van der Waals surface area (Å²) in [4.78, 5) is 12.9. The Hall–Kier alpha value is -1.20. The van der Waals surface area contributed by atoms with Crippen molar-refractivity contribution in [1.82, 2.24) is 13.9 Å². The van der Waals surface area contributed by atoms with E-state index in [1.165, 1.54) is 8.61 Å². The van der Waals surface area contributed by atoms with Crippen molar-refractivity contribution in [3.63, 3.8) is 0 Å². The van der Waals surface area contributed by atoms with Crippen LogP contribution in [0.3, 0.4) is 0 Å². The molecule has 1 amide bonds. The number of sulfonamides is 2. The number of nitrogens with one attached hydrogen (secondary N) is 1. The van der Waals surface area contributed by atoms with Gasteiger partial charge in [-0.1, -0.05) is 17.7 Å². The van der Waals surface area contributed by atoms with E-state index in [9.17, 15) is 21.6 Å². The van der Waals surface area contributed by atoms with Gasteiger partial charge in [-0.2, -0.15) is 4.31 Å². The normalized spacial score (nSPS) is 24.5. The highest BCUT2D eigenvalue weighted by Gasteiger charge is 2.35. The molecule has 3 rings (SSSR count). The Kier molecular flexibility index (Phi) is 7.13. The van der Waals surface area contributed by atoms with Crippen molar-refractivity contribution in [1.29, 1.82) is 0 Å². The van der Waals surface area contributed by atoms with Gasteiger partial charge in [0, 0.05) is 37.2 Å². The maximum Gasteiger partial charge on any atom is 0.243 e. The van der Waals surface area contributed by atoms with Crippen molar-refractivity contribution in [3.8, 4) is 0 Å². The average molecular weight is 478 g/mol. The second-order valence-electron chi connectivity index (χ2n) is 8.03. The summed E-state index contributed by atoms with van der Waals surface area (Å²) in [7, 11) is -7.06. The summed E-state index contributed by atoms with van der Waals surface area (Å²) in [6.45, 7) is 2.83. The molecule has 11 heteroatoms. The van der Waals surface area contributed by atoms with E-state index in [1.54, 1.807) is 25.1 Å². The van der Waals surface area contributed by atoms with Crippen LogP contribution in [0.25, 0.3) is 0 Å². The summed E-state index contributed by atoms with van der Waals surface area (Å²) in [5.41, 5.74) is 0.508. The Bertz CT molecular complexity index is 1010. The van der Waals surface area contributed by atoms with Crippen LogP contribution in [0.4, 0.5) is 0 Å². The molecule has 8 nitrogen and oxygen atoms in total. The zero-order chi connectivity index (χ0) is 22.1. The Morgan fingerprint density at radius 2 is 1.73 bits per heavy atom. The molecule has 0 aromatic heterocycles. The second kappa shape index (κ2) is 9.12. The molecular weight excluding hydrogens is 450 g/mol. The topological polar surface area (TPSA) is 104 Å². The Labute approximate surface area is 183 Å². The molecule has 1 aromatic rings. The number of halogens is 1. The van der Waals surface area contributed by atoms with E-state index in [1.807, 2.05) is 0 Å². The lowest BCUT2D eigenvalue weighted by molar-refractivity contribution is -0.127. The van der Waals surface area contributed by atoms with Gasteiger partial charge in [-0.3, -0.25) is 4.79 Å². The van der Waals surface area contributed by atoms with Gasteiger partial charge in [0.15, 0.2) is 0 Å². The van der Waals surface area contributed by atoms with Gasteiger partial charge in [-0.25, -0.2) is 21.1 Å². The molecule has 0 radical (unpaired) electrons. The quantitative estimate of drug-likeness (QED) is 0.693. The largest absolute Gasteiger partial charge is 0.352 e. The van der Waals surface area contributed by atoms with E-state index in [0.717, 1.165) is 6.26 Å². The lowest BCUT2D eigenvalue weighted by Crippen LogP contribution is -2.52. The number of carbonyl (C=O) groups excluding carboxylic acids is 1. The first-order valence-corrected chi connectivity index (χ1v) is 13.7. The van der Waals surface area contributed by atoms with Gasteiger partial charge in [0.05, 0.1) is 17.1 Å². The van der Waals surface area contributed by atoms with Gasteiger partial charge >= 0.3 is 0 Å². The molecule has 2 aliphatic rings. The lowest BCUT2D eigenvalue weighted by Gasteiger charge is -2.35. The second-order valence-corrected chi connectivity index (χ2v) is 12.3. The van der Waals surface area contributed by atoms with Gasteiger partial charge in [0.1, 0.15) is 0 Å². The SMILES string of the molecule is Cc1c(Cl)cccc1S(=O)(=O)N1CCC[C@H](NC(=O)[C@H]2CCCN(S(C)(=O)=O)C2)C1. The fraction of sp³-hybridized carbons (Fsp3) is 0.632.